The van der Waals surface area contributed by atoms with Crippen molar-refractivity contribution in [3.63, 3.8) is 0 Å². The number of thiophene rings is 1. The molecule has 3 aromatic rings. The summed E-state index contributed by atoms with van der Waals surface area (Å²) in [5.41, 5.74) is 4.99. The Hall–Kier alpha value is -2.10. The molecule has 0 radical (unpaired) electrons. The van der Waals surface area contributed by atoms with Crippen LogP contribution in [0.15, 0.2) is 36.4 Å². The number of carbonyl (C=O) groups excluding carboxylic acids is 2. The summed E-state index contributed by atoms with van der Waals surface area (Å²) < 4.78 is 5.97. The lowest BCUT2D eigenvalue weighted by Gasteiger charge is -2.11. The topological polar surface area (TPSA) is 79.5 Å². The highest BCUT2D eigenvalue weighted by Crippen LogP contribution is 2.37. The van der Waals surface area contributed by atoms with Gasteiger partial charge in [-0.3, -0.25) is 25.8 Å². The maximum Gasteiger partial charge on any atom is 0.271 e. The van der Waals surface area contributed by atoms with E-state index in [-0.39, 0.29) is 20.6 Å². The number of hydrogen-bond acceptors (Lipinski definition) is 5. The molecule has 1 heterocycles. The molecule has 29 heavy (non-hydrogen) atoms. The highest BCUT2D eigenvalue weighted by Gasteiger charge is 2.19. The summed E-state index contributed by atoms with van der Waals surface area (Å²) in [6.45, 7) is 0. The normalized spacial score (nSPS) is 10.5. The van der Waals surface area contributed by atoms with Crippen LogP contribution in [0.4, 0.5) is 0 Å². The first kappa shape index (κ1) is 21.6. The number of nitrogens with one attached hydrogen (secondary N) is 3. The van der Waals surface area contributed by atoms with Crippen LogP contribution in [0.5, 0.6) is 5.75 Å². The number of benzene rings is 2. The summed E-state index contributed by atoms with van der Waals surface area (Å²) in [6.07, 6.45) is 0. The molecule has 0 aliphatic rings. The molecule has 3 rings (SSSR count). The second-order valence-corrected chi connectivity index (χ2v) is 8.28. The molecule has 0 aliphatic heterocycles. The number of hydrogen-bond donors (Lipinski definition) is 3. The SMILES string of the molecule is COc1ccc2c(Cl)c(C(=O)NC(=S)NNC(=O)c3ccc(Cl)cc3Cl)sc2c1. The highest BCUT2D eigenvalue weighted by molar-refractivity contribution is 7.80. The molecule has 1 aromatic heterocycles. The van der Waals surface area contributed by atoms with E-state index in [4.69, 9.17) is 51.8 Å². The van der Waals surface area contributed by atoms with Crippen LogP contribution < -0.4 is 20.9 Å². The first-order valence-corrected chi connectivity index (χ1v) is 10.3. The lowest BCUT2D eigenvalue weighted by atomic mass is 10.2. The van der Waals surface area contributed by atoms with Crippen molar-refractivity contribution in [2.75, 3.05) is 7.11 Å². The van der Waals surface area contributed by atoms with Crippen LogP contribution in [-0.2, 0) is 0 Å². The second kappa shape index (κ2) is 9.15. The van der Waals surface area contributed by atoms with Crippen LogP contribution in [-0.4, -0.2) is 24.0 Å². The largest absolute Gasteiger partial charge is 0.497 e. The van der Waals surface area contributed by atoms with Gasteiger partial charge in [-0.15, -0.1) is 11.3 Å². The minimum Gasteiger partial charge on any atom is -0.497 e. The molecule has 0 atom stereocenters. The third kappa shape index (κ3) is 4.91. The van der Waals surface area contributed by atoms with Gasteiger partial charge in [0, 0.05) is 15.1 Å². The molecular weight excluding hydrogens is 477 g/mol. The van der Waals surface area contributed by atoms with Crippen molar-refractivity contribution in [2.24, 2.45) is 0 Å². The van der Waals surface area contributed by atoms with Gasteiger partial charge in [0.15, 0.2) is 5.11 Å². The van der Waals surface area contributed by atoms with E-state index in [2.05, 4.69) is 16.2 Å². The smallest absolute Gasteiger partial charge is 0.271 e. The first-order valence-electron chi connectivity index (χ1n) is 7.93. The van der Waals surface area contributed by atoms with Crippen molar-refractivity contribution in [2.45, 2.75) is 0 Å². The third-order valence-corrected chi connectivity index (χ3v) is 6.14. The zero-order valence-electron chi connectivity index (χ0n) is 14.6. The van der Waals surface area contributed by atoms with Crippen molar-refractivity contribution >= 4 is 85.4 Å². The van der Waals surface area contributed by atoms with Crippen LogP contribution in [0.25, 0.3) is 10.1 Å². The quantitative estimate of drug-likeness (QED) is 0.364. The fourth-order valence-electron chi connectivity index (χ4n) is 2.36. The molecule has 2 amide bonds. The number of thiocarbonyl (C=S) groups is 1. The summed E-state index contributed by atoms with van der Waals surface area (Å²) in [5, 5.41) is 3.97. The molecule has 11 heteroatoms. The van der Waals surface area contributed by atoms with Gasteiger partial charge < -0.3 is 4.74 Å². The maximum absolute atomic E-state index is 12.5. The number of carbonyl (C=O) groups is 2. The maximum atomic E-state index is 12.5. The number of halogens is 3. The average molecular weight is 489 g/mol. The molecule has 0 fully saturated rings. The fourth-order valence-corrected chi connectivity index (χ4v) is 4.44. The lowest BCUT2D eigenvalue weighted by molar-refractivity contribution is 0.0935. The Bertz CT molecular complexity index is 1130. The van der Waals surface area contributed by atoms with Gasteiger partial charge >= 0.3 is 0 Å². The second-order valence-electron chi connectivity index (χ2n) is 5.59. The van der Waals surface area contributed by atoms with Gasteiger partial charge in [0.1, 0.15) is 10.6 Å². The van der Waals surface area contributed by atoms with E-state index in [1.807, 2.05) is 0 Å². The Balaban J connectivity index is 1.65. The summed E-state index contributed by atoms with van der Waals surface area (Å²) in [4.78, 5) is 25.0. The Morgan fingerprint density at radius 3 is 2.48 bits per heavy atom. The predicted octanol–water partition coefficient (Wildman–Crippen LogP) is 4.82. The molecule has 0 spiro atoms. The number of fused-ring (bicyclic) bond motifs is 1. The molecule has 3 N–H and O–H groups in total. The minimum absolute atomic E-state index is 0.112. The van der Waals surface area contributed by atoms with Crippen LogP contribution in [0.2, 0.25) is 15.1 Å². The van der Waals surface area contributed by atoms with Crippen molar-refractivity contribution in [1.82, 2.24) is 16.2 Å². The van der Waals surface area contributed by atoms with E-state index in [0.717, 1.165) is 10.1 Å². The molecule has 0 saturated carbocycles. The number of amides is 2. The van der Waals surface area contributed by atoms with Gasteiger partial charge in [0.25, 0.3) is 11.8 Å². The van der Waals surface area contributed by atoms with E-state index in [0.29, 0.717) is 15.8 Å². The molecule has 0 unspecified atom stereocenters. The average Bonchev–Trinajstić information content (AvgIpc) is 3.02. The van der Waals surface area contributed by atoms with Crippen LogP contribution in [0.3, 0.4) is 0 Å². The lowest BCUT2D eigenvalue weighted by Crippen LogP contribution is -2.48. The van der Waals surface area contributed by atoms with E-state index in [1.54, 1.807) is 25.3 Å². The van der Waals surface area contributed by atoms with E-state index < -0.39 is 11.8 Å². The molecule has 2 aromatic carbocycles. The van der Waals surface area contributed by atoms with Gasteiger partial charge in [-0.25, -0.2) is 0 Å². The van der Waals surface area contributed by atoms with Crippen molar-refractivity contribution in [3.8, 4) is 5.75 Å². The molecule has 0 bridgehead atoms. The summed E-state index contributed by atoms with van der Waals surface area (Å²) in [7, 11) is 1.56. The van der Waals surface area contributed by atoms with Crippen molar-refractivity contribution < 1.29 is 14.3 Å². The molecule has 0 saturated heterocycles. The fraction of sp³-hybridized carbons (Fsp3) is 0.0556. The van der Waals surface area contributed by atoms with Crippen LogP contribution in [0.1, 0.15) is 20.0 Å². The molecule has 0 aliphatic carbocycles. The van der Waals surface area contributed by atoms with Gasteiger partial charge in [0.05, 0.1) is 22.7 Å². The zero-order valence-corrected chi connectivity index (χ0v) is 18.5. The van der Waals surface area contributed by atoms with Gasteiger partial charge in [-0.1, -0.05) is 34.8 Å². The van der Waals surface area contributed by atoms with Gasteiger partial charge in [-0.05, 0) is 48.6 Å². The van der Waals surface area contributed by atoms with Crippen LogP contribution in [0, 0.1) is 0 Å². The van der Waals surface area contributed by atoms with Crippen LogP contribution >= 0.6 is 58.4 Å². The number of ether oxygens (including phenoxy) is 1. The zero-order chi connectivity index (χ0) is 21.1. The first-order chi connectivity index (χ1) is 13.8. The van der Waals surface area contributed by atoms with Crippen molar-refractivity contribution in [1.29, 1.82) is 0 Å². The highest BCUT2D eigenvalue weighted by atomic mass is 35.5. The van der Waals surface area contributed by atoms with Gasteiger partial charge in [0.2, 0.25) is 0 Å². The molecule has 6 nitrogen and oxygen atoms in total. The van der Waals surface area contributed by atoms with E-state index in [1.165, 1.54) is 29.5 Å². The van der Waals surface area contributed by atoms with E-state index >= 15 is 0 Å². The Labute approximate surface area is 190 Å². The third-order valence-electron chi connectivity index (χ3n) is 3.74. The number of hydrazine groups is 1. The summed E-state index contributed by atoms with van der Waals surface area (Å²) in [5.74, 6) is -0.398. The number of rotatable bonds is 3. The minimum atomic E-state index is -0.546. The predicted molar refractivity (Wildman–Crippen MR) is 121 cm³/mol. The monoisotopic (exact) mass is 487 g/mol. The Morgan fingerprint density at radius 2 is 1.79 bits per heavy atom. The molecule has 150 valence electrons. The standard InChI is InChI=1S/C18H12Cl3N3O3S2/c1-27-9-3-5-11-13(7-9)29-15(14(11)21)17(26)22-18(28)24-23-16(25)10-4-2-8(19)6-12(10)20/h2-7H,1H3,(H,23,25)(H2,22,24,26,28). The summed E-state index contributed by atoms with van der Waals surface area (Å²) in [6, 6.07) is 9.75. The van der Waals surface area contributed by atoms with Crippen molar-refractivity contribution in [3.05, 3.63) is 61.9 Å². The Morgan fingerprint density at radius 1 is 1.03 bits per heavy atom. The Kier molecular flexibility index (Phi) is 6.81. The van der Waals surface area contributed by atoms with E-state index in [9.17, 15) is 9.59 Å². The number of methoxy groups -OCH3 is 1. The summed E-state index contributed by atoms with van der Waals surface area (Å²) >= 11 is 24.4. The van der Waals surface area contributed by atoms with Gasteiger partial charge in [-0.2, -0.15) is 0 Å². The molecular formula is C18H12Cl3N3O3S2.